The third-order valence-corrected chi connectivity index (χ3v) is 6.29. The first kappa shape index (κ1) is 20.1. The van der Waals surface area contributed by atoms with Gasteiger partial charge in [-0.3, -0.25) is 10.1 Å². The Bertz CT molecular complexity index is 987. The predicted octanol–water partition coefficient (Wildman–Crippen LogP) is 3.63. The molecule has 2 aliphatic heterocycles. The maximum atomic E-state index is 13.3. The SMILES string of the molecule is COC(=O)C1=C(C)NC2=C(C(=O)OC3(CCCCC3)C2)C1c1ccccc1[N+](=O)[O-]. The van der Waals surface area contributed by atoms with E-state index in [1.807, 2.05) is 0 Å². The van der Waals surface area contributed by atoms with Gasteiger partial charge < -0.3 is 14.8 Å². The summed E-state index contributed by atoms with van der Waals surface area (Å²) in [6, 6.07) is 6.17. The third kappa shape index (κ3) is 3.26. The number of allylic oxidation sites excluding steroid dienone is 1. The normalized spacial score (nSPS) is 22.9. The molecule has 1 aromatic carbocycles. The number of hydrogen-bond acceptors (Lipinski definition) is 7. The van der Waals surface area contributed by atoms with Crippen molar-refractivity contribution in [2.45, 2.75) is 57.0 Å². The largest absolute Gasteiger partial charge is 0.466 e. The zero-order chi connectivity index (χ0) is 21.5. The molecule has 1 unspecified atom stereocenters. The molecule has 2 heterocycles. The summed E-state index contributed by atoms with van der Waals surface area (Å²) in [5, 5.41) is 14.9. The molecule has 8 nitrogen and oxygen atoms in total. The van der Waals surface area contributed by atoms with Gasteiger partial charge in [-0.25, -0.2) is 9.59 Å². The number of benzene rings is 1. The summed E-state index contributed by atoms with van der Waals surface area (Å²) in [4.78, 5) is 37.1. The smallest absolute Gasteiger partial charge is 0.337 e. The summed E-state index contributed by atoms with van der Waals surface area (Å²) in [5.41, 5.74) is 1.22. The number of para-hydroxylation sites is 1. The van der Waals surface area contributed by atoms with Crippen molar-refractivity contribution in [3.63, 3.8) is 0 Å². The highest BCUT2D eigenvalue weighted by molar-refractivity contribution is 6.01. The Kier molecular flexibility index (Phi) is 5.09. The second-order valence-electron chi connectivity index (χ2n) is 8.11. The Morgan fingerprint density at radius 1 is 1.27 bits per heavy atom. The lowest BCUT2D eigenvalue weighted by molar-refractivity contribution is -0.385. The van der Waals surface area contributed by atoms with Crippen molar-refractivity contribution < 1.29 is 24.0 Å². The minimum Gasteiger partial charge on any atom is -0.466 e. The van der Waals surface area contributed by atoms with Gasteiger partial charge in [-0.2, -0.15) is 0 Å². The average molecular weight is 412 g/mol. The lowest BCUT2D eigenvalue weighted by atomic mass is 9.73. The number of methoxy groups -OCH3 is 1. The molecule has 0 saturated heterocycles. The van der Waals surface area contributed by atoms with E-state index in [1.54, 1.807) is 25.1 Å². The molecular weight excluding hydrogens is 388 g/mol. The van der Waals surface area contributed by atoms with Crippen LogP contribution in [-0.2, 0) is 19.1 Å². The van der Waals surface area contributed by atoms with Gasteiger partial charge in [0.2, 0.25) is 0 Å². The molecule has 0 aromatic heterocycles. The number of ether oxygens (including phenoxy) is 2. The second kappa shape index (κ2) is 7.59. The number of esters is 2. The molecule has 1 aromatic rings. The maximum absolute atomic E-state index is 13.3. The number of nitrogens with zero attached hydrogens (tertiary/aromatic N) is 1. The van der Waals surface area contributed by atoms with E-state index in [1.165, 1.54) is 13.2 Å². The molecule has 3 aliphatic rings. The lowest BCUT2D eigenvalue weighted by Crippen LogP contribution is -2.47. The number of hydrogen-bond donors (Lipinski definition) is 1. The summed E-state index contributed by atoms with van der Waals surface area (Å²) < 4.78 is 10.9. The fraction of sp³-hybridized carbons (Fsp3) is 0.455. The molecule has 4 rings (SSSR count). The minimum absolute atomic E-state index is 0.156. The van der Waals surface area contributed by atoms with Gasteiger partial charge in [-0.1, -0.05) is 24.6 Å². The Morgan fingerprint density at radius 3 is 2.63 bits per heavy atom. The summed E-state index contributed by atoms with van der Waals surface area (Å²) in [6.45, 7) is 1.73. The van der Waals surface area contributed by atoms with Crippen molar-refractivity contribution in [1.29, 1.82) is 0 Å². The van der Waals surface area contributed by atoms with Crippen molar-refractivity contribution in [2.24, 2.45) is 0 Å². The Morgan fingerprint density at radius 2 is 1.97 bits per heavy atom. The van der Waals surface area contributed by atoms with Crippen LogP contribution >= 0.6 is 0 Å². The Labute approximate surface area is 174 Å². The van der Waals surface area contributed by atoms with E-state index >= 15 is 0 Å². The number of dihydropyridines is 1. The van der Waals surface area contributed by atoms with Crippen molar-refractivity contribution in [3.05, 3.63) is 62.5 Å². The highest BCUT2D eigenvalue weighted by Gasteiger charge is 2.49. The summed E-state index contributed by atoms with van der Waals surface area (Å²) in [7, 11) is 1.25. The number of carbonyl (C=O) groups excluding carboxylic acids is 2. The van der Waals surface area contributed by atoms with Crippen LogP contribution in [0.3, 0.4) is 0 Å². The summed E-state index contributed by atoms with van der Waals surface area (Å²) >= 11 is 0. The quantitative estimate of drug-likeness (QED) is 0.459. The standard InChI is InChI=1S/C22H24N2O6/c1-13-17(20(25)29-2)18(14-8-4-5-9-16(14)24(27)28)19-15(23-13)12-22(30-21(19)26)10-6-3-7-11-22/h4-5,8-9,18,23H,3,6-7,10-12H2,1-2H3. The number of rotatable bonds is 3. The van der Waals surface area contributed by atoms with Crippen molar-refractivity contribution in [2.75, 3.05) is 7.11 Å². The average Bonchev–Trinajstić information content (AvgIpc) is 2.72. The van der Waals surface area contributed by atoms with Gasteiger partial charge in [0.1, 0.15) is 5.60 Å². The molecule has 1 saturated carbocycles. The number of nitro groups is 1. The molecule has 1 fully saturated rings. The number of carbonyl (C=O) groups is 2. The van der Waals surface area contributed by atoms with Crippen LogP contribution in [0.15, 0.2) is 46.8 Å². The molecule has 1 atom stereocenters. The first-order valence-corrected chi connectivity index (χ1v) is 10.1. The number of nitrogens with one attached hydrogen (secondary N) is 1. The third-order valence-electron chi connectivity index (χ3n) is 6.29. The van der Waals surface area contributed by atoms with Crippen LogP contribution in [0.1, 0.15) is 56.9 Å². The van der Waals surface area contributed by atoms with E-state index in [9.17, 15) is 19.7 Å². The van der Waals surface area contributed by atoms with Gasteiger partial charge in [0.25, 0.3) is 5.69 Å². The van der Waals surface area contributed by atoms with E-state index in [0.717, 1.165) is 32.1 Å². The van der Waals surface area contributed by atoms with E-state index in [4.69, 9.17) is 9.47 Å². The summed E-state index contributed by atoms with van der Waals surface area (Å²) in [6.07, 6.45) is 5.19. The van der Waals surface area contributed by atoms with Gasteiger partial charge in [-0.15, -0.1) is 0 Å². The van der Waals surface area contributed by atoms with Gasteiger partial charge in [-0.05, 0) is 32.6 Å². The summed E-state index contributed by atoms with van der Waals surface area (Å²) in [5.74, 6) is -2.09. The van der Waals surface area contributed by atoms with Crippen LogP contribution < -0.4 is 5.32 Å². The van der Waals surface area contributed by atoms with Crippen LogP contribution in [0.2, 0.25) is 0 Å². The molecular formula is C22H24N2O6. The van der Waals surface area contributed by atoms with Crippen molar-refractivity contribution >= 4 is 17.6 Å². The monoisotopic (exact) mass is 412 g/mol. The first-order chi connectivity index (χ1) is 14.4. The minimum atomic E-state index is -0.927. The highest BCUT2D eigenvalue weighted by Crippen LogP contribution is 2.49. The molecule has 0 amide bonds. The molecule has 1 spiro atoms. The molecule has 1 N–H and O–H groups in total. The van der Waals surface area contributed by atoms with Crippen molar-refractivity contribution in [1.82, 2.24) is 5.32 Å². The van der Waals surface area contributed by atoms with Crippen LogP contribution in [-0.4, -0.2) is 29.6 Å². The van der Waals surface area contributed by atoms with E-state index in [0.29, 0.717) is 17.8 Å². The van der Waals surface area contributed by atoms with Crippen molar-refractivity contribution in [3.8, 4) is 0 Å². The predicted molar refractivity (Wildman–Crippen MR) is 107 cm³/mol. The van der Waals surface area contributed by atoms with Gasteiger partial charge in [0.05, 0.1) is 29.1 Å². The first-order valence-electron chi connectivity index (χ1n) is 10.1. The van der Waals surface area contributed by atoms with E-state index < -0.39 is 28.4 Å². The van der Waals surface area contributed by atoms with Gasteiger partial charge in [0.15, 0.2) is 0 Å². The molecule has 8 heteroatoms. The zero-order valence-corrected chi connectivity index (χ0v) is 17.0. The van der Waals surface area contributed by atoms with Crippen LogP contribution in [0.5, 0.6) is 0 Å². The maximum Gasteiger partial charge on any atom is 0.337 e. The molecule has 1 aliphatic carbocycles. The molecule has 30 heavy (non-hydrogen) atoms. The van der Waals surface area contributed by atoms with Gasteiger partial charge in [0, 0.05) is 29.4 Å². The van der Waals surface area contributed by atoms with Crippen LogP contribution in [0, 0.1) is 10.1 Å². The van der Waals surface area contributed by atoms with Crippen LogP contribution in [0.4, 0.5) is 5.69 Å². The fourth-order valence-electron chi connectivity index (χ4n) is 4.95. The topological polar surface area (TPSA) is 108 Å². The highest BCUT2D eigenvalue weighted by atomic mass is 16.6. The number of nitro benzene ring substituents is 1. The molecule has 0 bridgehead atoms. The zero-order valence-electron chi connectivity index (χ0n) is 17.0. The Hall–Kier alpha value is -3.16. The van der Waals surface area contributed by atoms with E-state index in [-0.39, 0.29) is 22.4 Å². The van der Waals surface area contributed by atoms with Crippen LogP contribution in [0.25, 0.3) is 0 Å². The lowest BCUT2D eigenvalue weighted by Gasteiger charge is -2.44. The second-order valence-corrected chi connectivity index (χ2v) is 8.11. The molecule has 0 radical (unpaired) electrons. The molecule has 158 valence electrons. The fourth-order valence-corrected chi connectivity index (χ4v) is 4.95. The Balaban J connectivity index is 1.89. The van der Waals surface area contributed by atoms with E-state index in [2.05, 4.69) is 5.32 Å². The van der Waals surface area contributed by atoms with Gasteiger partial charge >= 0.3 is 11.9 Å².